The summed E-state index contributed by atoms with van der Waals surface area (Å²) >= 11 is 0. The lowest BCUT2D eigenvalue weighted by Gasteiger charge is -2.30. The van der Waals surface area contributed by atoms with Gasteiger partial charge in [0.2, 0.25) is 5.91 Å². The summed E-state index contributed by atoms with van der Waals surface area (Å²) in [5, 5.41) is 0. The molecule has 3 aromatic carbocycles. The van der Waals surface area contributed by atoms with E-state index < -0.39 is 6.04 Å². The van der Waals surface area contributed by atoms with Crippen LogP contribution in [0, 0.1) is 12.7 Å². The molecule has 4 rings (SSSR count). The molecule has 5 heteroatoms. The highest BCUT2D eigenvalue weighted by Gasteiger charge is 2.42. The molecule has 0 bridgehead atoms. The number of rotatable bonds is 6. The lowest BCUT2D eigenvalue weighted by molar-refractivity contribution is -0.121. The number of carbonyl (C=O) groups is 2. The zero-order valence-electron chi connectivity index (χ0n) is 16.8. The largest absolute Gasteiger partial charge is 0.359 e. The Balaban J connectivity index is 1.64. The van der Waals surface area contributed by atoms with Crippen molar-refractivity contribution >= 4 is 23.2 Å². The monoisotopic (exact) mass is 402 g/mol. The van der Waals surface area contributed by atoms with Crippen molar-refractivity contribution in [1.29, 1.82) is 0 Å². The van der Waals surface area contributed by atoms with E-state index in [1.807, 2.05) is 42.2 Å². The third-order valence-electron chi connectivity index (χ3n) is 5.46. The zero-order chi connectivity index (χ0) is 21.1. The van der Waals surface area contributed by atoms with Crippen LogP contribution in [0.4, 0.5) is 15.8 Å². The number of aryl methyl sites for hydroxylation is 1. The fraction of sp³-hybridized carbons (Fsp3) is 0.200. The van der Waals surface area contributed by atoms with E-state index in [1.54, 1.807) is 42.5 Å². The fourth-order valence-electron chi connectivity index (χ4n) is 3.85. The number of hydrogen-bond acceptors (Lipinski definition) is 3. The highest BCUT2D eigenvalue weighted by molar-refractivity contribution is 6.23. The van der Waals surface area contributed by atoms with Gasteiger partial charge in [-0.05, 0) is 49.2 Å². The molecule has 1 aliphatic heterocycles. The van der Waals surface area contributed by atoms with Crippen LogP contribution in [-0.4, -0.2) is 24.4 Å². The molecule has 1 atom stereocenters. The van der Waals surface area contributed by atoms with Gasteiger partial charge in [-0.15, -0.1) is 0 Å². The SMILES string of the molecule is Cc1ccc(N(CCc2ccccc2F)[C@H]2CC(=O)N(c3ccccc3)C2=O)cc1. The van der Waals surface area contributed by atoms with Gasteiger partial charge >= 0.3 is 0 Å². The molecule has 2 amide bonds. The third kappa shape index (κ3) is 3.96. The second-order valence-electron chi connectivity index (χ2n) is 7.49. The number of imide groups is 1. The Morgan fingerprint density at radius 1 is 0.933 bits per heavy atom. The van der Waals surface area contributed by atoms with Crippen LogP contribution in [-0.2, 0) is 16.0 Å². The molecule has 0 aliphatic carbocycles. The molecule has 4 nitrogen and oxygen atoms in total. The number of carbonyl (C=O) groups excluding carboxylic acids is 2. The van der Waals surface area contributed by atoms with Gasteiger partial charge in [0.05, 0.1) is 12.1 Å². The van der Waals surface area contributed by atoms with E-state index in [0.29, 0.717) is 24.2 Å². The van der Waals surface area contributed by atoms with Crippen LogP contribution in [0.5, 0.6) is 0 Å². The number of benzene rings is 3. The molecule has 1 aliphatic rings. The predicted octanol–water partition coefficient (Wildman–Crippen LogP) is 4.52. The van der Waals surface area contributed by atoms with Crippen LogP contribution in [0.3, 0.4) is 0 Å². The Morgan fingerprint density at radius 3 is 2.30 bits per heavy atom. The standard InChI is InChI=1S/C25H23FN2O2/c1-18-11-13-20(14-12-18)27(16-15-19-7-5-6-10-22(19)26)23-17-24(29)28(25(23)30)21-8-3-2-4-9-21/h2-14,23H,15-17H2,1H3/t23-/m0/s1. The van der Waals surface area contributed by atoms with Gasteiger partial charge in [-0.2, -0.15) is 0 Å². The second-order valence-corrected chi connectivity index (χ2v) is 7.49. The van der Waals surface area contributed by atoms with Crippen molar-refractivity contribution in [2.75, 3.05) is 16.3 Å². The normalized spacial score (nSPS) is 16.2. The van der Waals surface area contributed by atoms with Crippen molar-refractivity contribution in [1.82, 2.24) is 0 Å². The number of para-hydroxylation sites is 1. The minimum absolute atomic E-state index is 0.0961. The third-order valence-corrected chi connectivity index (χ3v) is 5.46. The van der Waals surface area contributed by atoms with Crippen LogP contribution >= 0.6 is 0 Å². The Hall–Kier alpha value is -3.47. The van der Waals surface area contributed by atoms with Gasteiger partial charge in [0.1, 0.15) is 11.9 Å². The molecule has 152 valence electrons. The van der Waals surface area contributed by atoms with E-state index in [2.05, 4.69) is 0 Å². The first-order valence-electron chi connectivity index (χ1n) is 10.0. The van der Waals surface area contributed by atoms with Gasteiger partial charge in [-0.3, -0.25) is 9.59 Å². The first-order valence-corrected chi connectivity index (χ1v) is 10.0. The average molecular weight is 402 g/mol. The van der Waals surface area contributed by atoms with E-state index in [1.165, 1.54) is 11.0 Å². The van der Waals surface area contributed by atoms with E-state index >= 15 is 0 Å². The molecule has 0 unspecified atom stereocenters. The number of nitrogens with zero attached hydrogens (tertiary/aromatic N) is 2. The summed E-state index contributed by atoms with van der Waals surface area (Å²) < 4.78 is 14.1. The van der Waals surface area contributed by atoms with Gasteiger partial charge in [-0.25, -0.2) is 9.29 Å². The van der Waals surface area contributed by atoms with Crippen LogP contribution in [0.15, 0.2) is 78.9 Å². The minimum atomic E-state index is -0.618. The maximum absolute atomic E-state index is 14.1. The molecule has 0 N–H and O–H groups in total. The summed E-state index contributed by atoms with van der Waals surface area (Å²) in [7, 11) is 0. The zero-order valence-corrected chi connectivity index (χ0v) is 16.8. The summed E-state index contributed by atoms with van der Waals surface area (Å²) in [5.41, 5.74) is 3.12. The number of halogens is 1. The second kappa shape index (κ2) is 8.49. The smallest absolute Gasteiger partial charge is 0.256 e. The number of anilines is 2. The molecule has 1 fully saturated rings. The van der Waals surface area contributed by atoms with E-state index in [9.17, 15) is 14.0 Å². The molecule has 1 saturated heterocycles. The van der Waals surface area contributed by atoms with Gasteiger partial charge in [0, 0.05) is 12.2 Å². The van der Waals surface area contributed by atoms with Gasteiger partial charge in [0.25, 0.3) is 5.91 Å². The molecular formula is C25H23FN2O2. The van der Waals surface area contributed by atoms with Gasteiger partial charge in [0.15, 0.2) is 0 Å². The fourth-order valence-corrected chi connectivity index (χ4v) is 3.85. The molecule has 1 heterocycles. The predicted molar refractivity (Wildman–Crippen MR) is 116 cm³/mol. The van der Waals surface area contributed by atoms with Gasteiger partial charge in [-0.1, -0.05) is 54.1 Å². The quantitative estimate of drug-likeness (QED) is 0.570. The Labute approximate surface area is 175 Å². The van der Waals surface area contributed by atoms with E-state index in [-0.39, 0.29) is 24.1 Å². The molecule has 3 aromatic rings. The van der Waals surface area contributed by atoms with E-state index in [0.717, 1.165) is 11.3 Å². The van der Waals surface area contributed by atoms with Crippen molar-refractivity contribution in [3.63, 3.8) is 0 Å². The van der Waals surface area contributed by atoms with Crippen molar-refractivity contribution in [3.05, 3.63) is 95.8 Å². The molecule has 0 aromatic heterocycles. The topological polar surface area (TPSA) is 40.6 Å². The minimum Gasteiger partial charge on any atom is -0.359 e. The Kier molecular flexibility index (Phi) is 5.61. The summed E-state index contributed by atoms with van der Waals surface area (Å²) in [6.07, 6.45) is 0.530. The molecule has 0 radical (unpaired) electrons. The van der Waals surface area contributed by atoms with Crippen LogP contribution in [0.2, 0.25) is 0 Å². The molecule has 0 saturated carbocycles. The molecule has 0 spiro atoms. The average Bonchev–Trinajstić information content (AvgIpc) is 3.05. The maximum Gasteiger partial charge on any atom is 0.256 e. The van der Waals surface area contributed by atoms with Crippen LogP contribution in [0.1, 0.15) is 17.5 Å². The molecule has 30 heavy (non-hydrogen) atoms. The molecular weight excluding hydrogens is 379 g/mol. The van der Waals surface area contributed by atoms with Crippen LogP contribution in [0.25, 0.3) is 0 Å². The Morgan fingerprint density at radius 2 is 1.60 bits per heavy atom. The summed E-state index contributed by atoms with van der Waals surface area (Å²) in [4.78, 5) is 29.2. The first kappa shape index (κ1) is 19.8. The van der Waals surface area contributed by atoms with E-state index in [4.69, 9.17) is 0 Å². The Bertz CT molecular complexity index is 1050. The highest BCUT2D eigenvalue weighted by atomic mass is 19.1. The van der Waals surface area contributed by atoms with Gasteiger partial charge < -0.3 is 4.90 Å². The van der Waals surface area contributed by atoms with Crippen molar-refractivity contribution in [2.24, 2.45) is 0 Å². The lowest BCUT2D eigenvalue weighted by atomic mass is 10.1. The maximum atomic E-state index is 14.1. The number of amides is 2. The number of hydrogen-bond donors (Lipinski definition) is 0. The lowest BCUT2D eigenvalue weighted by Crippen LogP contribution is -2.43. The summed E-state index contributed by atoms with van der Waals surface area (Å²) in [5.74, 6) is -0.736. The van der Waals surface area contributed by atoms with Crippen molar-refractivity contribution in [2.45, 2.75) is 25.8 Å². The highest BCUT2D eigenvalue weighted by Crippen LogP contribution is 2.29. The first-order chi connectivity index (χ1) is 14.5. The summed E-state index contributed by atoms with van der Waals surface area (Å²) in [6, 6.07) is 22.8. The summed E-state index contributed by atoms with van der Waals surface area (Å²) in [6.45, 7) is 2.42. The van der Waals surface area contributed by atoms with Crippen LogP contribution < -0.4 is 9.80 Å². The van der Waals surface area contributed by atoms with Crippen molar-refractivity contribution in [3.8, 4) is 0 Å². The van der Waals surface area contributed by atoms with Crippen molar-refractivity contribution < 1.29 is 14.0 Å².